The van der Waals surface area contributed by atoms with Crippen molar-refractivity contribution in [1.29, 1.82) is 0 Å². The average molecular weight is 288 g/mol. The molecule has 0 aromatic heterocycles. The van der Waals surface area contributed by atoms with Crippen LogP contribution in [0.1, 0.15) is 25.0 Å². The highest BCUT2D eigenvalue weighted by atomic mass is 16.5. The first kappa shape index (κ1) is 15.4. The van der Waals surface area contributed by atoms with Crippen molar-refractivity contribution in [3.8, 4) is 11.5 Å². The number of rotatable bonds is 5. The molecule has 0 atom stereocenters. The molecule has 0 spiro atoms. The van der Waals surface area contributed by atoms with Crippen molar-refractivity contribution >= 4 is 0 Å². The van der Waals surface area contributed by atoms with Crippen LogP contribution in [0.2, 0.25) is 0 Å². The zero-order valence-corrected chi connectivity index (χ0v) is 12.2. The first-order chi connectivity index (χ1) is 9.89. The fraction of sp³-hybridized carbons (Fsp3) is 0.294. The van der Waals surface area contributed by atoms with Gasteiger partial charge in [0, 0.05) is 5.41 Å². The lowest BCUT2D eigenvalue weighted by Crippen LogP contribution is -2.19. The van der Waals surface area contributed by atoms with Crippen LogP contribution in [0.4, 0.5) is 0 Å². The topological polar surface area (TPSA) is 69.9 Å². The lowest BCUT2D eigenvalue weighted by molar-refractivity contribution is -0.0680. The van der Waals surface area contributed by atoms with Gasteiger partial charge in [0.15, 0.2) is 6.29 Å². The Morgan fingerprint density at radius 3 is 1.86 bits per heavy atom. The summed E-state index contributed by atoms with van der Waals surface area (Å²) in [6.45, 7) is 4.06. The van der Waals surface area contributed by atoms with Crippen molar-refractivity contribution < 1.29 is 20.1 Å². The van der Waals surface area contributed by atoms with Crippen LogP contribution in [0.3, 0.4) is 0 Å². The van der Waals surface area contributed by atoms with E-state index in [2.05, 4.69) is 13.8 Å². The number of aliphatic hydroxyl groups excluding tert-OH is 1. The van der Waals surface area contributed by atoms with Crippen LogP contribution in [-0.2, 0) is 5.41 Å². The molecule has 4 heteroatoms. The molecule has 0 unspecified atom stereocenters. The lowest BCUT2D eigenvalue weighted by Gasteiger charge is -2.26. The van der Waals surface area contributed by atoms with E-state index in [1.807, 2.05) is 24.3 Å². The Labute approximate surface area is 124 Å². The molecule has 112 valence electrons. The summed E-state index contributed by atoms with van der Waals surface area (Å²) in [5, 5.41) is 26.9. The molecule has 0 radical (unpaired) electrons. The van der Waals surface area contributed by atoms with Crippen LogP contribution in [-0.4, -0.2) is 28.2 Å². The largest absolute Gasteiger partial charge is 0.508 e. The third-order valence-electron chi connectivity index (χ3n) is 3.56. The minimum absolute atomic E-state index is 0.152. The molecular weight excluding hydrogens is 268 g/mol. The first-order valence-electron chi connectivity index (χ1n) is 6.78. The van der Waals surface area contributed by atoms with Crippen LogP contribution >= 0.6 is 0 Å². The molecule has 0 fully saturated rings. The number of hydrogen-bond acceptors (Lipinski definition) is 4. The summed E-state index contributed by atoms with van der Waals surface area (Å²) in [5.41, 5.74) is 1.99. The van der Waals surface area contributed by atoms with Gasteiger partial charge in [0.25, 0.3) is 0 Å². The van der Waals surface area contributed by atoms with E-state index in [1.165, 1.54) is 0 Å². The SMILES string of the molecule is CC(C)(c1ccc(O)cc1)c1ccc(OCC(O)O)cc1. The van der Waals surface area contributed by atoms with E-state index in [0.717, 1.165) is 11.1 Å². The number of ether oxygens (including phenoxy) is 1. The Balaban J connectivity index is 2.18. The second kappa shape index (κ2) is 6.16. The highest BCUT2D eigenvalue weighted by Gasteiger charge is 2.23. The molecule has 0 aliphatic heterocycles. The van der Waals surface area contributed by atoms with Crippen LogP contribution < -0.4 is 4.74 Å². The Hall–Kier alpha value is -2.04. The van der Waals surface area contributed by atoms with Gasteiger partial charge < -0.3 is 20.1 Å². The van der Waals surface area contributed by atoms with Crippen molar-refractivity contribution in [3.63, 3.8) is 0 Å². The van der Waals surface area contributed by atoms with Gasteiger partial charge in [0.05, 0.1) is 0 Å². The van der Waals surface area contributed by atoms with E-state index in [9.17, 15) is 5.11 Å². The molecule has 2 aromatic rings. The third-order valence-corrected chi connectivity index (χ3v) is 3.56. The highest BCUT2D eigenvalue weighted by Crippen LogP contribution is 2.33. The van der Waals surface area contributed by atoms with Gasteiger partial charge in [-0.15, -0.1) is 0 Å². The molecule has 2 aromatic carbocycles. The van der Waals surface area contributed by atoms with Gasteiger partial charge in [0.2, 0.25) is 0 Å². The fourth-order valence-corrected chi connectivity index (χ4v) is 2.18. The van der Waals surface area contributed by atoms with Crippen molar-refractivity contribution in [3.05, 3.63) is 59.7 Å². The first-order valence-corrected chi connectivity index (χ1v) is 6.78. The fourth-order valence-electron chi connectivity index (χ4n) is 2.18. The number of benzene rings is 2. The van der Waals surface area contributed by atoms with Crippen molar-refractivity contribution in [1.82, 2.24) is 0 Å². The van der Waals surface area contributed by atoms with E-state index in [-0.39, 0.29) is 17.8 Å². The summed E-state index contributed by atoms with van der Waals surface area (Å²) in [4.78, 5) is 0. The van der Waals surface area contributed by atoms with E-state index in [4.69, 9.17) is 14.9 Å². The second-order valence-corrected chi connectivity index (χ2v) is 5.49. The summed E-state index contributed by atoms with van der Waals surface area (Å²) < 4.78 is 5.22. The van der Waals surface area contributed by atoms with Crippen LogP contribution in [0.5, 0.6) is 11.5 Å². The predicted octanol–water partition coefficient (Wildman–Crippen LogP) is 2.41. The third kappa shape index (κ3) is 3.74. The Bertz CT molecular complexity index is 571. The Morgan fingerprint density at radius 2 is 1.38 bits per heavy atom. The van der Waals surface area contributed by atoms with Gasteiger partial charge in [-0.1, -0.05) is 38.1 Å². The van der Waals surface area contributed by atoms with Gasteiger partial charge >= 0.3 is 0 Å². The summed E-state index contributed by atoms with van der Waals surface area (Å²) >= 11 is 0. The molecule has 4 nitrogen and oxygen atoms in total. The van der Waals surface area contributed by atoms with Gasteiger partial charge in [-0.3, -0.25) is 0 Å². The molecule has 0 aliphatic rings. The smallest absolute Gasteiger partial charge is 0.186 e. The van der Waals surface area contributed by atoms with Gasteiger partial charge in [-0.25, -0.2) is 0 Å². The summed E-state index contributed by atoms with van der Waals surface area (Å²) in [5.74, 6) is 0.842. The Morgan fingerprint density at radius 1 is 0.905 bits per heavy atom. The average Bonchev–Trinajstić information content (AvgIpc) is 2.46. The van der Waals surface area contributed by atoms with Crippen molar-refractivity contribution in [2.75, 3.05) is 6.61 Å². The standard InChI is InChI=1S/C17H20O4/c1-17(2,12-3-7-14(18)8-4-12)13-5-9-15(10-6-13)21-11-16(19)20/h3-10,16,18-20H,11H2,1-2H3. The highest BCUT2D eigenvalue weighted by molar-refractivity contribution is 5.41. The molecule has 21 heavy (non-hydrogen) atoms. The second-order valence-electron chi connectivity index (χ2n) is 5.49. The number of aliphatic hydroxyl groups is 2. The van der Waals surface area contributed by atoms with E-state index in [1.54, 1.807) is 24.3 Å². The summed E-state index contributed by atoms with van der Waals surface area (Å²) in [6, 6.07) is 14.7. The summed E-state index contributed by atoms with van der Waals surface area (Å²) in [6.07, 6.45) is -1.47. The van der Waals surface area contributed by atoms with Gasteiger partial charge in [-0.2, -0.15) is 0 Å². The van der Waals surface area contributed by atoms with E-state index < -0.39 is 6.29 Å². The lowest BCUT2D eigenvalue weighted by atomic mass is 9.78. The molecular formula is C17H20O4. The molecule has 0 heterocycles. The van der Waals surface area contributed by atoms with Crippen molar-refractivity contribution in [2.45, 2.75) is 25.6 Å². The maximum absolute atomic E-state index is 9.38. The normalized spacial score (nSPS) is 11.7. The van der Waals surface area contributed by atoms with Crippen molar-refractivity contribution in [2.24, 2.45) is 0 Å². The maximum atomic E-state index is 9.38. The molecule has 0 aliphatic carbocycles. The monoisotopic (exact) mass is 288 g/mol. The van der Waals surface area contributed by atoms with Gasteiger partial charge in [-0.05, 0) is 35.4 Å². The van der Waals surface area contributed by atoms with E-state index in [0.29, 0.717) is 5.75 Å². The van der Waals surface area contributed by atoms with Crippen LogP contribution in [0.15, 0.2) is 48.5 Å². The van der Waals surface area contributed by atoms with E-state index >= 15 is 0 Å². The zero-order chi connectivity index (χ0) is 15.5. The molecule has 3 N–H and O–H groups in total. The number of phenols is 1. The van der Waals surface area contributed by atoms with Crippen LogP contribution in [0.25, 0.3) is 0 Å². The zero-order valence-electron chi connectivity index (χ0n) is 12.2. The van der Waals surface area contributed by atoms with Gasteiger partial charge in [0.1, 0.15) is 18.1 Å². The minimum Gasteiger partial charge on any atom is -0.508 e. The molecule has 0 bridgehead atoms. The predicted molar refractivity (Wildman–Crippen MR) is 80.4 cm³/mol. The summed E-state index contributed by atoms with van der Waals surface area (Å²) in [7, 11) is 0. The maximum Gasteiger partial charge on any atom is 0.186 e. The number of aromatic hydroxyl groups is 1. The number of phenolic OH excluding ortho intramolecular Hbond substituents is 1. The molecule has 0 saturated heterocycles. The molecule has 2 rings (SSSR count). The quantitative estimate of drug-likeness (QED) is 0.739. The Kier molecular flexibility index (Phi) is 4.50. The molecule has 0 amide bonds. The molecule has 0 saturated carbocycles. The minimum atomic E-state index is -1.47. The number of hydrogen-bond donors (Lipinski definition) is 3. The van der Waals surface area contributed by atoms with Crippen LogP contribution in [0, 0.1) is 0 Å².